The first-order chi connectivity index (χ1) is 21.7. The number of likely N-dealkylation sites (N-methyl/N-ethyl adjacent to an activating group) is 1. The van der Waals surface area contributed by atoms with E-state index < -0.39 is 84.9 Å². The Morgan fingerprint density at radius 2 is 1.65 bits per heavy atom. The molecule has 3 heterocycles. The van der Waals surface area contributed by atoms with Gasteiger partial charge in [0.1, 0.15) is 17.8 Å². The first kappa shape index (κ1) is 35.3. The Hall–Kier alpha value is -3.53. The highest BCUT2D eigenvalue weighted by molar-refractivity contribution is 8.03. The molecule has 1 N–H and O–H groups in total. The number of nitrogens with zero attached hydrogens (tertiary/aromatic N) is 3. The van der Waals surface area contributed by atoms with Crippen LogP contribution in [0.5, 0.6) is 0 Å². The van der Waals surface area contributed by atoms with Gasteiger partial charge in [-0.3, -0.25) is 19.3 Å². The predicted octanol–water partition coefficient (Wildman–Crippen LogP) is 2.21. The van der Waals surface area contributed by atoms with E-state index in [1.54, 1.807) is 27.9 Å². The molecule has 2 saturated heterocycles. The molecule has 6 atom stereocenters. The minimum Gasteiger partial charge on any atom is -0.431 e. The minimum atomic E-state index is -0.963. The fourth-order valence-corrected chi connectivity index (χ4v) is 7.75. The van der Waals surface area contributed by atoms with Crippen LogP contribution in [0.2, 0.25) is 0 Å². The third kappa shape index (κ3) is 7.54. The number of aliphatic hydroxyl groups is 1. The van der Waals surface area contributed by atoms with Crippen LogP contribution in [0.3, 0.4) is 0 Å². The Bertz CT molecular complexity index is 1250. The Kier molecular flexibility index (Phi) is 11.5. The maximum atomic E-state index is 13.4. The highest BCUT2D eigenvalue weighted by atomic mass is 32.2. The number of rotatable bonds is 11. The molecule has 1 aliphatic carbocycles. The molecule has 15 nitrogen and oxygen atoms in total. The first-order valence-electron chi connectivity index (χ1n) is 15.5. The van der Waals surface area contributed by atoms with Gasteiger partial charge in [0.15, 0.2) is 0 Å². The second-order valence-electron chi connectivity index (χ2n) is 12.5. The smallest absolute Gasteiger partial charge is 0.431 e. The quantitative estimate of drug-likeness (QED) is 0.147. The van der Waals surface area contributed by atoms with Gasteiger partial charge < -0.3 is 38.6 Å². The Morgan fingerprint density at radius 3 is 2.26 bits per heavy atom. The van der Waals surface area contributed by atoms with Gasteiger partial charge in [0, 0.05) is 36.7 Å². The molecule has 4 aliphatic rings. The maximum absolute atomic E-state index is 13.4. The van der Waals surface area contributed by atoms with Crippen molar-refractivity contribution in [2.24, 2.45) is 17.8 Å². The van der Waals surface area contributed by atoms with E-state index in [1.165, 1.54) is 33.4 Å². The van der Waals surface area contributed by atoms with E-state index in [0.717, 1.165) is 25.7 Å². The van der Waals surface area contributed by atoms with Gasteiger partial charge in [-0.25, -0.2) is 14.4 Å². The highest BCUT2D eigenvalue weighted by Crippen LogP contribution is 2.52. The lowest BCUT2D eigenvalue weighted by Crippen LogP contribution is -2.63. The van der Waals surface area contributed by atoms with Crippen molar-refractivity contribution in [1.29, 1.82) is 0 Å². The number of hydrogen-bond acceptors (Lipinski definition) is 13. The molecule has 4 rings (SSSR count). The van der Waals surface area contributed by atoms with Crippen molar-refractivity contribution >= 4 is 47.8 Å². The molecule has 0 aromatic carbocycles. The fourth-order valence-electron chi connectivity index (χ4n) is 6.23. The van der Waals surface area contributed by atoms with E-state index in [-0.39, 0.29) is 30.7 Å². The van der Waals surface area contributed by atoms with Gasteiger partial charge in [-0.2, -0.15) is 0 Å². The van der Waals surface area contributed by atoms with Crippen LogP contribution < -0.4 is 0 Å². The van der Waals surface area contributed by atoms with Gasteiger partial charge in [-0.15, -0.1) is 11.8 Å². The van der Waals surface area contributed by atoms with Crippen LogP contribution in [0.15, 0.2) is 10.6 Å². The molecular weight excluding hydrogens is 626 g/mol. The summed E-state index contributed by atoms with van der Waals surface area (Å²) in [5.41, 5.74) is -0.0331. The molecular formula is C30H43N3O12S. The van der Waals surface area contributed by atoms with E-state index in [0.29, 0.717) is 4.91 Å². The summed E-state index contributed by atoms with van der Waals surface area (Å²) in [5.74, 6) is -3.77. The molecule has 1 saturated carbocycles. The summed E-state index contributed by atoms with van der Waals surface area (Å²) in [6.45, 7) is 5.33. The van der Waals surface area contributed by atoms with Crippen LogP contribution >= 0.6 is 11.8 Å². The lowest BCUT2D eigenvalue weighted by molar-refractivity contribution is -0.166. The number of β-lactam (4-membered cyclic amide) rings is 1. The number of esters is 2. The van der Waals surface area contributed by atoms with Crippen LogP contribution in [0, 0.1) is 17.8 Å². The molecule has 16 heteroatoms. The average Bonchev–Trinajstić information content (AvgIpc) is 3.70. The highest BCUT2D eigenvalue weighted by Gasteiger charge is 2.60. The SMILES string of the molecule is CC(C)C(=O)OCOC(=O)N1CC(SC2=C(C(=O)OCOC(=O)OC3CCCC3)N3C(=O)C([C@@H](C)O)C3[C@H]2C)CC1C(=O)N(C)C. The third-order valence-electron chi connectivity index (χ3n) is 8.61. The summed E-state index contributed by atoms with van der Waals surface area (Å²) in [7, 11) is 3.12. The second-order valence-corrected chi connectivity index (χ2v) is 13.8. The van der Waals surface area contributed by atoms with E-state index in [1.807, 2.05) is 6.92 Å². The fraction of sp³-hybridized carbons (Fsp3) is 0.733. The van der Waals surface area contributed by atoms with Crippen molar-refractivity contribution < 1.29 is 57.6 Å². The topological polar surface area (TPSA) is 179 Å². The molecule has 0 aromatic heterocycles. The molecule has 3 amide bonds. The van der Waals surface area contributed by atoms with Crippen LogP contribution in [-0.2, 0) is 42.9 Å². The van der Waals surface area contributed by atoms with Crippen LogP contribution in [0.1, 0.15) is 59.8 Å². The predicted molar refractivity (Wildman–Crippen MR) is 160 cm³/mol. The lowest BCUT2D eigenvalue weighted by atomic mass is 9.79. The number of thioether (sulfide) groups is 1. The van der Waals surface area contributed by atoms with Crippen LogP contribution in [0.25, 0.3) is 0 Å². The van der Waals surface area contributed by atoms with Crippen molar-refractivity contribution in [3.8, 4) is 0 Å². The van der Waals surface area contributed by atoms with Crippen molar-refractivity contribution in [3.63, 3.8) is 0 Å². The summed E-state index contributed by atoms with van der Waals surface area (Å²) in [6.07, 6.45) is 0.601. The van der Waals surface area contributed by atoms with Crippen molar-refractivity contribution in [2.75, 3.05) is 34.2 Å². The van der Waals surface area contributed by atoms with Gasteiger partial charge >= 0.3 is 24.2 Å². The standard InChI is InChI=1S/C30H43N3O12S/c1-15(2)27(37)41-13-43-29(39)32-12-19(11-20(32)25(35)31(5)6)46-24-16(3)22-21(17(4)34)26(36)33(22)23(24)28(38)42-14-44-30(40)45-18-9-7-8-10-18/h15-22,34H,7-14H2,1-6H3/t16-,17-,19?,20?,21?,22?/m1/s1. The zero-order chi connectivity index (χ0) is 33.9. The molecule has 4 unspecified atom stereocenters. The normalized spacial score (nSPS) is 26.4. The maximum Gasteiger partial charge on any atom is 0.511 e. The van der Waals surface area contributed by atoms with Crippen LogP contribution in [0.4, 0.5) is 9.59 Å². The molecule has 0 bridgehead atoms. The number of ether oxygens (including phenoxy) is 5. The number of aliphatic hydroxyl groups excluding tert-OH is 1. The molecule has 0 spiro atoms. The Morgan fingerprint density at radius 1 is 1.00 bits per heavy atom. The number of amides is 3. The zero-order valence-corrected chi connectivity index (χ0v) is 27.8. The number of hydrogen-bond donors (Lipinski definition) is 1. The monoisotopic (exact) mass is 669 g/mol. The van der Waals surface area contributed by atoms with Crippen molar-refractivity contribution in [1.82, 2.24) is 14.7 Å². The molecule has 46 heavy (non-hydrogen) atoms. The summed E-state index contributed by atoms with van der Waals surface area (Å²) in [4.78, 5) is 80.8. The second kappa shape index (κ2) is 14.9. The van der Waals surface area contributed by atoms with E-state index in [4.69, 9.17) is 23.7 Å². The number of carbonyl (C=O) groups is 6. The van der Waals surface area contributed by atoms with Crippen molar-refractivity contribution in [3.05, 3.63) is 10.6 Å². The minimum absolute atomic E-state index is 0.0331. The Balaban J connectivity index is 1.49. The average molecular weight is 670 g/mol. The number of fused-ring (bicyclic) bond motifs is 1. The van der Waals surface area contributed by atoms with E-state index in [2.05, 4.69) is 0 Å². The van der Waals surface area contributed by atoms with E-state index >= 15 is 0 Å². The summed E-state index contributed by atoms with van der Waals surface area (Å²) in [6, 6.07) is -1.40. The first-order valence-corrected chi connectivity index (χ1v) is 16.3. The van der Waals surface area contributed by atoms with E-state index in [9.17, 15) is 33.9 Å². The lowest BCUT2D eigenvalue weighted by Gasteiger charge is -2.46. The largest absolute Gasteiger partial charge is 0.511 e. The van der Waals surface area contributed by atoms with Gasteiger partial charge in [0.05, 0.1) is 24.0 Å². The van der Waals surface area contributed by atoms with Crippen molar-refractivity contribution in [2.45, 2.75) is 89.3 Å². The van der Waals surface area contributed by atoms with Gasteiger partial charge in [-0.1, -0.05) is 20.8 Å². The van der Waals surface area contributed by atoms with Crippen LogP contribution in [-0.4, -0.2) is 120 Å². The van der Waals surface area contributed by atoms with Gasteiger partial charge in [-0.05, 0) is 39.0 Å². The molecule has 0 radical (unpaired) electrons. The third-order valence-corrected chi connectivity index (χ3v) is 10.1. The summed E-state index contributed by atoms with van der Waals surface area (Å²) in [5, 5.41) is 9.90. The molecule has 3 fully saturated rings. The number of carbonyl (C=O) groups excluding carboxylic acids is 6. The Labute approximate surface area is 271 Å². The molecule has 3 aliphatic heterocycles. The van der Waals surface area contributed by atoms with Gasteiger partial charge in [0.2, 0.25) is 25.4 Å². The molecule has 0 aromatic rings. The molecule has 256 valence electrons. The van der Waals surface area contributed by atoms with Gasteiger partial charge in [0.25, 0.3) is 0 Å². The summed E-state index contributed by atoms with van der Waals surface area (Å²) < 4.78 is 25.5. The summed E-state index contributed by atoms with van der Waals surface area (Å²) >= 11 is 1.24. The number of likely N-dealkylation sites (tertiary alicyclic amines) is 1. The zero-order valence-electron chi connectivity index (χ0n) is 27.0.